The molecule has 0 rings (SSSR count). The number of carboxylic acid groups (broad SMARTS) is 2. The molecule has 0 heterocycles. The van der Waals surface area contributed by atoms with Crippen molar-refractivity contribution < 1.29 is 19.8 Å². The Morgan fingerprint density at radius 3 is 1.41 bits per heavy atom. The van der Waals surface area contributed by atoms with Crippen LogP contribution >= 0.6 is 0 Å². The molecule has 0 aromatic heterocycles. The van der Waals surface area contributed by atoms with E-state index in [1.54, 1.807) is 0 Å². The molecule has 0 fully saturated rings. The normalized spacial score (nSPS) is 13.7. The van der Waals surface area contributed by atoms with Crippen molar-refractivity contribution in [1.29, 1.82) is 0 Å². The highest BCUT2D eigenvalue weighted by atomic mass is 16.4. The lowest BCUT2D eigenvalue weighted by Crippen LogP contribution is -2.37. The van der Waals surface area contributed by atoms with Gasteiger partial charge in [0.25, 0.3) is 0 Å². The van der Waals surface area contributed by atoms with Crippen LogP contribution in [0, 0.1) is 0 Å². The van der Waals surface area contributed by atoms with E-state index in [0.717, 1.165) is 51.6 Å². The summed E-state index contributed by atoms with van der Waals surface area (Å²) in [4.78, 5) is 21.9. The van der Waals surface area contributed by atoms with E-state index in [1.165, 1.54) is 0 Å². The maximum Gasteiger partial charge on any atom is 0.320 e. The van der Waals surface area contributed by atoms with Crippen LogP contribution in [0.25, 0.3) is 0 Å². The van der Waals surface area contributed by atoms with E-state index in [2.05, 4.69) is 10.6 Å². The third-order valence-corrected chi connectivity index (χ3v) is 3.64. The number of aliphatic carboxylic acids is 2. The van der Waals surface area contributed by atoms with Crippen LogP contribution in [0.3, 0.4) is 0 Å². The molecular formula is C16H32N2O4. The highest BCUT2D eigenvalue weighted by molar-refractivity contribution is 5.73. The molecule has 0 saturated carbocycles. The molecule has 0 aliphatic carbocycles. The molecule has 6 nitrogen and oxygen atoms in total. The zero-order valence-corrected chi connectivity index (χ0v) is 13.9. The first-order valence-corrected chi connectivity index (χ1v) is 8.45. The van der Waals surface area contributed by atoms with Crippen LogP contribution < -0.4 is 10.6 Å². The third kappa shape index (κ3) is 10.6. The highest BCUT2D eigenvalue weighted by Crippen LogP contribution is 2.02. The van der Waals surface area contributed by atoms with Crippen molar-refractivity contribution in [2.24, 2.45) is 0 Å². The Morgan fingerprint density at radius 2 is 1.14 bits per heavy atom. The monoisotopic (exact) mass is 316 g/mol. The quantitative estimate of drug-likeness (QED) is 0.346. The molecule has 0 saturated heterocycles. The molecule has 0 aromatic rings. The zero-order valence-electron chi connectivity index (χ0n) is 13.9. The molecule has 2 unspecified atom stereocenters. The SMILES string of the molecule is CCCC(NCCCCCCNC(CCC)C(=O)O)C(=O)O. The molecule has 130 valence electrons. The van der Waals surface area contributed by atoms with E-state index in [4.69, 9.17) is 10.2 Å². The number of rotatable bonds is 15. The molecule has 0 radical (unpaired) electrons. The molecule has 2 atom stereocenters. The van der Waals surface area contributed by atoms with Gasteiger partial charge in [-0.2, -0.15) is 0 Å². The smallest absolute Gasteiger partial charge is 0.320 e. The van der Waals surface area contributed by atoms with Gasteiger partial charge >= 0.3 is 11.9 Å². The summed E-state index contributed by atoms with van der Waals surface area (Å²) in [6, 6.07) is -0.867. The minimum absolute atomic E-state index is 0.433. The fraction of sp³-hybridized carbons (Fsp3) is 0.875. The number of nitrogens with one attached hydrogen (secondary N) is 2. The van der Waals surface area contributed by atoms with Gasteiger partial charge in [-0.1, -0.05) is 39.5 Å². The summed E-state index contributed by atoms with van der Waals surface area (Å²) < 4.78 is 0. The molecule has 4 N–H and O–H groups in total. The lowest BCUT2D eigenvalue weighted by molar-refractivity contribution is -0.140. The van der Waals surface area contributed by atoms with Gasteiger partial charge in [0.05, 0.1) is 0 Å². The maximum atomic E-state index is 10.9. The van der Waals surface area contributed by atoms with Crippen LogP contribution in [-0.2, 0) is 9.59 Å². The van der Waals surface area contributed by atoms with Crippen molar-refractivity contribution in [3.8, 4) is 0 Å². The fourth-order valence-electron chi connectivity index (χ4n) is 2.36. The lowest BCUT2D eigenvalue weighted by atomic mass is 10.1. The summed E-state index contributed by atoms with van der Waals surface area (Å²) >= 11 is 0. The van der Waals surface area contributed by atoms with E-state index in [9.17, 15) is 9.59 Å². The predicted molar refractivity (Wildman–Crippen MR) is 87.1 cm³/mol. The van der Waals surface area contributed by atoms with Crippen molar-refractivity contribution in [1.82, 2.24) is 10.6 Å². The Bertz CT molecular complexity index is 281. The molecular weight excluding hydrogens is 284 g/mol. The van der Waals surface area contributed by atoms with Gasteiger partial charge in [-0.25, -0.2) is 0 Å². The first-order valence-electron chi connectivity index (χ1n) is 8.45. The van der Waals surface area contributed by atoms with E-state index in [0.29, 0.717) is 12.8 Å². The molecule has 0 spiro atoms. The average molecular weight is 316 g/mol. The highest BCUT2D eigenvalue weighted by Gasteiger charge is 2.15. The molecule has 22 heavy (non-hydrogen) atoms. The summed E-state index contributed by atoms with van der Waals surface area (Å²) in [6.45, 7) is 5.40. The average Bonchev–Trinajstić information content (AvgIpc) is 2.47. The van der Waals surface area contributed by atoms with Crippen molar-refractivity contribution in [3.63, 3.8) is 0 Å². The van der Waals surface area contributed by atoms with Crippen molar-refractivity contribution >= 4 is 11.9 Å². The van der Waals surface area contributed by atoms with Gasteiger partial charge in [-0.05, 0) is 38.8 Å². The third-order valence-electron chi connectivity index (χ3n) is 3.64. The number of hydrogen-bond acceptors (Lipinski definition) is 4. The van der Waals surface area contributed by atoms with Crippen LogP contribution in [0.4, 0.5) is 0 Å². The standard InChI is InChI=1S/C16H32N2O4/c1-3-9-13(15(19)20)17-11-7-5-6-8-12-18-14(10-4-2)16(21)22/h13-14,17-18H,3-12H2,1-2H3,(H,19,20)(H,21,22). The summed E-state index contributed by atoms with van der Waals surface area (Å²) in [7, 11) is 0. The second-order valence-corrected chi connectivity index (χ2v) is 5.68. The number of unbranched alkanes of at least 4 members (excludes halogenated alkanes) is 3. The van der Waals surface area contributed by atoms with Gasteiger partial charge in [-0.15, -0.1) is 0 Å². The molecule has 0 bridgehead atoms. The van der Waals surface area contributed by atoms with E-state index < -0.39 is 24.0 Å². The first-order chi connectivity index (χ1) is 10.5. The number of hydrogen-bond donors (Lipinski definition) is 4. The Kier molecular flexibility index (Phi) is 12.8. The van der Waals surface area contributed by atoms with Crippen LogP contribution in [0.1, 0.15) is 65.2 Å². The summed E-state index contributed by atoms with van der Waals surface area (Å²) in [5, 5.41) is 24.1. The van der Waals surface area contributed by atoms with Crippen molar-refractivity contribution in [3.05, 3.63) is 0 Å². The largest absolute Gasteiger partial charge is 0.480 e. The summed E-state index contributed by atoms with van der Waals surface area (Å²) in [5.41, 5.74) is 0. The zero-order chi connectivity index (χ0) is 16.8. The van der Waals surface area contributed by atoms with Gasteiger partial charge in [0, 0.05) is 0 Å². The Morgan fingerprint density at radius 1 is 0.773 bits per heavy atom. The number of carbonyl (C=O) groups is 2. The Hall–Kier alpha value is -1.14. The van der Waals surface area contributed by atoms with Gasteiger partial charge < -0.3 is 20.8 Å². The minimum Gasteiger partial charge on any atom is -0.480 e. The van der Waals surface area contributed by atoms with E-state index in [1.807, 2.05) is 13.8 Å². The van der Waals surface area contributed by atoms with Gasteiger partial charge in [-0.3, -0.25) is 9.59 Å². The molecule has 0 aliphatic heterocycles. The predicted octanol–water partition coefficient (Wildman–Crippen LogP) is 2.23. The van der Waals surface area contributed by atoms with Gasteiger partial charge in [0.15, 0.2) is 0 Å². The molecule has 0 aliphatic rings. The lowest BCUT2D eigenvalue weighted by Gasteiger charge is -2.14. The summed E-state index contributed by atoms with van der Waals surface area (Å²) in [5.74, 6) is -1.55. The van der Waals surface area contributed by atoms with Gasteiger partial charge in [0.1, 0.15) is 12.1 Å². The summed E-state index contributed by atoms with van der Waals surface area (Å²) in [6.07, 6.45) is 6.99. The van der Waals surface area contributed by atoms with Crippen molar-refractivity contribution in [2.45, 2.75) is 77.3 Å². The van der Waals surface area contributed by atoms with Crippen LogP contribution in [0.5, 0.6) is 0 Å². The fourth-order valence-corrected chi connectivity index (χ4v) is 2.36. The minimum atomic E-state index is -0.776. The second-order valence-electron chi connectivity index (χ2n) is 5.68. The van der Waals surface area contributed by atoms with Crippen LogP contribution in [-0.4, -0.2) is 47.3 Å². The second kappa shape index (κ2) is 13.5. The topological polar surface area (TPSA) is 98.7 Å². The molecule has 6 heteroatoms. The number of carboxylic acids is 2. The maximum absolute atomic E-state index is 10.9. The Labute approximate surface area is 133 Å². The van der Waals surface area contributed by atoms with Crippen LogP contribution in [0.15, 0.2) is 0 Å². The van der Waals surface area contributed by atoms with Crippen LogP contribution in [0.2, 0.25) is 0 Å². The van der Waals surface area contributed by atoms with E-state index >= 15 is 0 Å². The van der Waals surface area contributed by atoms with Crippen molar-refractivity contribution in [2.75, 3.05) is 13.1 Å². The Balaban J connectivity index is 3.57. The van der Waals surface area contributed by atoms with Gasteiger partial charge in [0.2, 0.25) is 0 Å². The molecule has 0 aromatic carbocycles. The van der Waals surface area contributed by atoms with E-state index in [-0.39, 0.29) is 0 Å². The first kappa shape index (κ1) is 20.9. The molecule has 0 amide bonds.